The second-order valence-corrected chi connectivity index (χ2v) is 5.24. The molecule has 0 bridgehead atoms. The first-order valence-corrected chi connectivity index (χ1v) is 6.24. The second-order valence-electron chi connectivity index (χ2n) is 4.05. The Labute approximate surface area is 104 Å². The zero-order chi connectivity index (χ0) is 12.4. The van der Waals surface area contributed by atoms with Crippen LogP contribution in [0.4, 0.5) is 5.13 Å². The number of anilines is 1. The van der Waals surface area contributed by atoms with Gasteiger partial charge >= 0.3 is 0 Å². The molecule has 5 heteroatoms. The Balaban J connectivity index is 2.19. The molecule has 1 atom stereocenters. The Morgan fingerprint density at radius 2 is 2.06 bits per heavy atom. The molecule has 2 N–H and O–H groups in total. The van der Waals surface area contributed by atoms with E-state index in [4.69, 9.17) is 0 Å². The molecule has 0 amide bonds. The molecular weight excluding hydrogens is 234 g/mol. The molecule has 4 nitrogen and oxygen atoms in total. The van der Waals surface area contributed by atoms with Gasteiger partial charge in [-0.25, -0.2) is 0 Å². The van der Waals surface area contributed by atoms with Crippen molar-refractivity contribution < 1.29 is 5.11 Å². The van der Waals surface area contributed by atoms with Crippen molar-refractivity contribution in [3.8, 4) is 5.75 Å². The molecule has 0 saturated heterocycles. The Hall–Kier alpha value is -1.62. The normalized spacial score (nSPS) is 12.4. The summed E-state index contributed by atoms with van der Waals surface area (Å²) in [7, 11) is 0. The van der Waals surface area contributed by atoms with Gasteiger partial charge in [-0.05, 0) is 26.8 Å². The summed E-state index contributed by atoms with van der Waals surface area (Å²) in [6, 6.07) is 5.58. The molecule has 2 aromatic rings. The van der Waals surface area contributed by atoms with Crippen LogP contribution in [0.15, 0.2) is 18.2 Å². The molecule has 17 heavy (non-hydrogen) atoms. The van der Waals surface area contributed by atoms with Gasteiger partial charge in [0.05, 0.1) is 6.04 Å². The molecule has 1 aromatic heterocycles. The molecule has 0 aliphatic heterocycles. The molecule has 0 spiro atoms. The Bertz CT molecular complexity index is 524. The van der Waals surface area contributed by atoms with Crippen LogP contribution in [0, 0.1) is 13.8 Å². The van der Waals surface area contributed by atoms with Crippen molar-refractivity contribution in [2.75, 3.05) is 5.32 Å². The van der Waals surface area contributed by atoms with Crippen molar-refractivity contribution >= 4 is 16.5 Å². The highest BCUT2D eigenvalue weighted by molar-refractivity contribution is 7.15. The highest BCUT2D eigenvalue weighted by atomic mass is 32.1. The molecular formula is C12H15N3OS. The van der Waals surface area contributed by atoms with Crippen LogP contribution in [0.1, 0.15) is 29.1 Å². The largest absolute Gasteiger partial charge is 0.508 e. The van der Waals surface area contributed by atoms with Gasteiger partial charge in [0, 0.05) is 5.56 Å². The number of nitrogens with zero attached hydrogens (tertiary/aromatic N) is 2. The molecule has 1 heterocycles. The Kier molecular flexibility index (Phi) is 3.28. The van der Waals surface area contributed by atoms with Crippen LogP contribution in [0.3, 0.4) is 0 Å². The maximum atomic E-state index is 9.82. The van der Waals surface area contributed by atoms with Gasteiger partial charge in [-0.2, -0.15) is 0 Å². The first-order chi connectivity index (χ1) is 8.06. The molecule has 1 aromatic carbocycles. The van der Waals surface area contributed by atoms with Gasteiger partial charge in [0.1, 0.15) is 10.8 Å². The number of hydrogen-bond acceptors (Lipinski definition) is 5. The third-order valence-electron chi connectivity index (χ3n) is 2.52. The van der Waals surface area contributed by atoms with E-state index in [1.807, 2.05) is 32.9 Å². The molecule has 0 radical (unpaired) electrons. The second kappa shape index (κ2) is 4.71. The van der Waals surface area contributed by atoms with Crippen LogP contribution in [0.25, 0.3) is 0 Å². The number of benzene rings is 1. The zero-order valence-corrected chi connectivity index (χ0v) is 10.9. The predicted octanol–water partition coefficient (Wildman–Crippen LogP) is 3.03. The van der Waals surface area contributed by atoms with Crippen LogP contribution >= 0.6 is 11.3 Å². The minimum Gasteiger partial charge on any atom is -0.508 e. The van der Waals surface area contributed by atoms with Crippen molar-refractivity contribution in [2.45, 2.75) is 26.8 Å². The number of hydrogen-bond donors (Lipinski definition) is 2. The van der Waals surface area contributed by atoms with Crippen molar-refractivity contribution in [3.05, 3.63) is 34.3 Å². The van der Waals surface area contributed by atoms with Crippen molar-refractivity contribution in [1.29, 1.82) is 0 Å². The standard InChI is InChI=1S/C12H15N3OS/c1-7-4-5-11(16)10(6-7)8(2)13-12-15-14-9(3)17-12/h4-6,8,16H,1-3H3,(H,13,15). The molecule has 90 valence electrons. The van der Waals surface area contributed by atoms with E-state index in [1.165, 1.54) is 11.3 Å². The average Bonchev–Trinajstić information content (AvgIpc) is 2.67. The monoisotopic (exact) mass is 249 g/mol. The van der Waals surface area contributed by atoms with E-state index in [0.29, 0.717) is 5.75 Å². The van der Waals surface area contributed by atoms with Crippen LogP contribution in [-0.4, -0.2) is 15.3 Å². The summed E-state index contributed by atoms with van der Waals surface area (Å²) in [6.45, 7) is 5.91. The van der Waals surface area contributed by atoms with Crippen molar-refractivity contribution in [3.63, 3.8) is 0 Å². The van der Waals surface area contributed by atoms with Crippen molar-refractivity contribution in [2.24, 2.45) is 0 Å². The van der Waals surface area contributed by atoms with Gasteiger partial charge < -0.3 is 10.4 Å². The predicted molar refractivity (Wildman–Crippen MR) is 69.5 cm³/mol. The van der Waals surface area contributed by atoms with Gasteiger partial charge in [0.2, 0.25) is 5.13 Å². The minimum absolute atomic E-state index is 0.00208. The highest BCUT2D eigenvalue weighted by Crippen LogP contribution is 2.28. The van der Waals surface area contributed by atoms with Gasteiger partial charge in [-0.15, -0.1) is 10.2 Å². The van der Waals surface area contributed by atoms with E-state index >= 15 is 0 Å². The van der Waals surface area contributed by atoms with E-state index in [2.05, 4.69) is 15.5 Å². The quantitative estimate of drug-likeness (QED) is 0.877. The number of phenols is 1. The van der Waals surface area contributed by atoms with Crippen molar-refractivity contribution in [1.82, 2.24) is 10.2 Å². The number of aromatic hydroxyl groups is 1. The fourth-order valence-electron chi connectivity index (χ4n) is 1.64. The van der Waals surface area contributed by atoms with Gasteiger partial charge in [0.15, 0.2) is 0 Å². The summed E-state index contributed by atoms with van der Waals surface area (Å²) in [5.41, 5.74) is 2.00. The topological polar surface area (TPSA) is 58.0 Å². The molecule has 0 saturated carbocycles. The lowest BCUT2D eigenvalue weighted by Crippen LogP contribution is -2.06. The van der Waals surface area contributed by atoms with Crippen LogP contribution in [0.2, 0.25) is 0 Å². The fraction of sp³-hybridized carbons (Fsp3) is 0.333. The van der Waals surface area contributed by atoms with Crippen LogP contribution < -0.4 is 5.32 Å². The third-order valence-corrected chi connectivity index (χ3v) is 3.29. The van der Waals surface area contributed by atoms with Gasteiger partial charge in [0.25, 0.3) is 0 Å². The summed E-state index contributed by atoms with van der Waals surface area (Å²) < 4.78 is 0. The zero-order valence-electron chi connectivity index (χ0n) is 10.1. The summed E-state index contributed by atoms with van der Waals surface area (Å²) in [4.78, 5) is 0. The lowest BCUT2D eigenvalue weighted by atomic mass is 10.0. The third kappa shape index (κ3) is 2.74. The van der Waals surface area contributed by atoms with Gasteiger partial charge in [-0.1, -0.05) is 29.0 Å². The number of aryl methyl sites for hydroxylation is 2. The number of phenolic OH excluding ortho intramolecular Hbond substituents is 1. The van der Waals surface area contributed by atoms with E-state index in [1.54, 1.807) is 6.07 Å². The maximum absolute atomic E-state index is 9.82. The lowest BCUT2D eigenvalue weighted by molar-refractivity contribution is 0.465. The fourth-order valence-corrected chi connectivity index (χ4v) is 2.32. The summed E-state index contributed by atoms with van der Waals surface area (Å²) >= 11 is 1.51. The van der Waals surface area contributed by atoms with E-state index in [0.717, 1.165) is 21.3 Å². The number of rotatable bonds is 3. The summed E-state index contributed by atoms with van der Waals surface area (Å²) in [5.74, 6) is 0.303. The van der Waals surface area contributed by atoms with Gasteiger partial charge in [-0.3, -0.25) is 0 Å². The molecule has 1 unspecified atom stereocenters. The van der Waals surface area contributed by atoms with E-state index in [9.17, 15) is 5.11 Å². The molecule has 0 fully saturated rings. The first-order valence-electron chi connectivity index (χ1n) is 5.42. The Morgan fingerprint density at radius 1 is 1.29 bits per heavy atom. The Morgan fingerprint density at radius 3 is 2.71 bits per heavy atom. The highest BCUT2D eigenvalue weighted by Gasteiger charge is 2.12. The van der Waals surface area contributed by atoms with E-state index < -0.39 is 0 Å². The summed E-state index contributed by atoms with van der Waals surface area (Å²) in [6.07, 6.45) is 0. The van der Waals surface area contributed by atoms with Crippen LogP contribution in [0.5, 0.6) is 5.75 Å². The summed E-state index contributed by atoms with van der Waals surface area (Å²) in [5, 5.41) is 22.7. The minimum atomic E-state index is 0.00208. The SMILES string of the molecule is Cc1ccc(O)c(C(C)Nc2nnc(C)s2)c1. The maximum Gasteiger partial charge on any atom is 0.206 e. The number of nitrogens with one attached hydrogen (secondary N) is 1. The number of aromatic nitrogens is 2. The lowest BCUT2D eigenvalue weighted by Gasteiger charge is -2.15. The average molecular weight is 249 g/mol. The molecule has 2 rings (SSSR count). The molecule has 0 aliphatic rings. The smallest absolute Gasteiger partial charge is 0.206 e. The van der Waals surface area contributed by atoms with Crippen LogP contribution in [-0.2, 0) is 0 Å². The first kappa shape index (κ1) is 11.9. The van der Waals surface area contributed by atoms with E-state index in [-0.39, 0.29) is 6.04 Å². The molecule has 0 aliphatic carbocycles.